The predicted molar refractivity (Wildman–Crippen MR) is 52.9 cm³/mol. The molecular weight excluding hydrogens is 154 g/mol. The summed E-state index contributed by atoms with van der Waals surface area (Å²) >= 11 is 4.45. The Labute approximate surface area is 75.7 Å². The number of rotatable bonds is 2. The van der Waals surface area contributed by atoms with Crippen LogP contribution < -0.4 is 0 Å². The van der Waals surface area contributed by atoms with Gasteiger partial charge in [0.25, 0.3) is 0 Å². The van der Waals surface area contributed by atoms with E-state index in [9.17, 15) is 0 Å². The molecule has 0 unspecified atom stereocenters. The molecule has 0 N–H and O–H groups in total. The Bertz CT molecular complexity index is 97.7. The molecular formula is C9H19NS. The quantitative estimate of drug-likeness (QED) is 0.496. The van der Waals surface area contributed by atoms with Crippen LogP contribution in [0.25, 0.3) is 0 Å². The van der Waals surface area contributed by atoms with E-state index in [1.807, 2.05) is 0 Å². The van der Waals surface area contributed by atoms with Crippen LogP contribution in [-0.2, 0) is 0 Å². The van der Waals surface area contributed by atoms with Gasteiger partial charge in [-0.25, -0.2) is 0 Å². The summed E-state index contributed by atoms with van der Waals surface area (Å²) in [5, 5.41) is 0. The molecule has 1 rings (SSSR count). The van der Waals surface area contributed by atoms with Gasteiger partial charge in [-0.3, -0.25) is 4.31 Å². The minimum atomic E-state index is 0.755. The summed E-state index contributed by atoms with van der Waals surface area (Å²) in [5.41, 5.74) is 0. The van der Waals surface area contributed by atoms with Crippen LogP contribution in [0.5, 0.6) is 0 Å². The molecule has 0 radical (unpaired) electrons. The molecule has 0 saturated heterocycles. The second-order valence-corrected chi connectivity index (χ2v) is 3.91. The van der Waals surface area contributed by atoms with E-state index in [1.165, 1.54) is 38.5 Å². The van der Waals surface area contributed by atoms with Crippen molar-refractivity contribution >= 4 is 12.8 Å². The first kappa shape index (κ1) is 9.40. The summed E-state index contributed by atoms with van der Waals surface area (Å²) in [6.45, 7) is 3.26. The lowest BCUT2D eigenvalue weighted by atomic mass is 10.1. The van der Waals surface area contributed by atoms with Crippen molar-refractivity contribution in [2.75, 3.05) is 6.54 Å². The van der Waals surface area contributed by atoms with Gasteiger partial charge in [0.2, 0.25) is 0 Å². The van der Waals surface area contributed by atoms with Gasteiger partial charge in [-0.05, 0) is 12.8 Å². The molecule has 11 heavy (non-hydrogen) atoms. The van der Waals surface area contributed by atoms with Gasteiger partial charge in [0, 0.05) is 12.6 Å². The van der Waals surface area contributed by atoms with Crippen LogP contribution in [0.2, 0.25) is 0 Å². The summed E-state index contributed by atoms with van der Waals surface area (Å²) in [6.07, 6.45) is 8.39. The van der Waals surface area contributed by atoms with Gasteiger partial charge < -0.3 is 0 Å². The number of hydrogen-bond donors (Lipinski definition) is 1. The molecule has 0 atom stereocenters. The van der Waals surface area contributed by atoms with Crippen LogP contribution in [0.4, 0.5) is 0 Å². The zero-order chi connectivity index (χ0) is 8.10. The maximum atomic E-state index is 4.45. The van der Waals surface area contributed by atoms with Gasteiger partial charge >= 0.3 is 0 Å². The summed E-state index contributed by atoms with van der Waals surface area (Å²) in [7, 11) is 0. The van der Waals surface area contributed by atoms with Gasteiger partial charge in [0.05, 0.1) is 0 Å². The molecule has 0 aromatic carbocycles. The molecule has 66 valence electrons. The Morgan fingerprint density at radius 2 is 1.73 bits per heavy atom. The van der Waals surface area contributed by atoms with Crippen molar-refractivity contribution in [1.82, 2.24) is 4.31 Å². The van der Waals surface area contributed by atoms with Crippen LogP contribution in [0.15, 0.2) is 0 Å². The Kier molecular flexibility index (Phi) is 4.31. The summed E-state index contributed by atoms with van der Waals surface area (Å²) < 4.78 is 2.20. The summed E-state index contributed by atoms with van der Waals surface area (Å²) in [6, 6.07) is 0.755. The Morgan fingerprint density at radius 3 is 2.18 bits per heavy atom. The highest BCUT2D eigenvalue weighted by Crippen LogP contribution is 2.22. The largest absolute Gasteiger partial charge is 0.250 e. The van der Waals surface area contributed by atoms with Gasteiger partial charge in [-0.2, -0.15) is 0 Å². The second kappa shape index (κ2) is 5.04. The zero-order valence-electron chi connectivity index (χ0n) is 7.42. The molecule has 0 spiro atoms. The van der Waals surface area contributed by atoms with E-state index in [0.29, 0.717) is 0 Å². The molecule has 0 aromatic rings. The van der Waals surface area contributed by atoms with Crippen molar-refractivity contribution in [1.29, 1.82) is 0 Å². The molecule has 0 bridgehead atoms. The minimum absolute atomic E-state index is 0.755. The lowest BCUT2D eigenvalue weighted by molar-refractivity contribution is 0.336. The van der Waals surface area contributed by atoms with Gasteiger partial charge in [0.15, 0.2) is 0 Å². The first-order chi connectivity index (χ1) is 5.34. The first-order valence-electron chi connectivity index (χ1n) is 4.80. The maximum Gasteiger partial charge on any atom is 0.0200 e. The predicted octanol–water partition coefficient (Wildman–Crippen LogP) is 2.88. The highest BCUT2D eigenvalue weighted by Gasteiger charge is 2.15. The first-order valence-corrected chi connectivity index (χ1v) is 5.20. The molecule has 0 heterocycles. The monoisotopic (exact) mass is 173 g/mol. The molecule has 1 fully saturated rings. The van der Waals surface area contributed by atoms with E-state index in [0.717, 1.165) is 12.6 Å². The molecule has 1 aliphatic carbocycles. The molecule has 0 amide bonds. The molecule has 0 aromatic heterocycles. The van der Waals surface area contributed by atoms with Crippen molar-refractivity contribution in [3.05, 3.63) is 0 Å². The fourth-order valence-electron chi connectivity index (χ4n) is 1.81. The third-order valence-electron chi connectivity index (χ3n) is 2.57. The molecule has 2 heteroatoms. The van der Waals surface area contributed by atoms with Gasteiger partial charge in [0.1, 0.15) is 0 Å². The number of thiol groups is 1. The van der Waals surface area contributed by atoms with Gasteiger partial charge in [-0.15, -0.1) is 0 Å². The van der Waals surface area contributed by atoms with Crippen molar-refractivity contribution in [3.63, 3.8) is 0 Å². The van der Waals surface area contributed by atoms with E-state index < -0.39 is 0 Å². The molecule has 1 aliphatic rings. The average molecular weight is 173 g/mol. The number of nitrogens with zero attached hydrogens (tertiary/aromatic N) is 1. The van der Waals surface area contributed by atoms with E-state index in [-0.39, 0.29) is 0 Å². The van der Waals surface area contributed by atoms with E-state index in [4.69, 9.17) is 0 Å². The SMILES string of the molecule is CCN(S)C1CCCCCC1. The van der Waals surface area contributed by atoms with E-state index >= 15 is 0 Å². The normalized spacial score (nSPS) is 22.1. The second-order valence-electron chi connectivity index (χ2n) is 3.40. The lowest BCUT2D eigenvalue weighted by Crippen LogP contribution is -2.26. The Morgan fingerprint density at radius 1 is 1.18 bits per heavy atom. The maximum absolute atomic E-state index is 4.45. The molecule has 1 saturated carbocycles. The average Bonchev–Trinajstić information content (AvgIpc) is 2.30. The summed E-state index contributed by atoms with van der Waals surface area (Å²) in [4.78, 5) is 0. The van der Waals surface area contributed by atoms with Crippen molar-refractivity contribution in [2.45, 2.75) is 51.5 Å². The van der Waals surface area contributed by atoms with E-state index in [1.54, 1.807) is 0 Å². The third-order valence-corrected chi connectivity index (χ3v) is 3.18. The third kappa shape index (κ3) is 3.04. The topological polar surface area (TPSA) is 3.24 Å². The minimum Gasteiger partial charge on any atom is -0.250 e. The van der Waals surface area contributed by atoms with Crippen molar-refractivity contribution in [3.8, 4) is 0 Å². The van der Waals surface area contributed by atoms with Crippen LogP contribution in [-0.4, -0.2) is 16.9 Å². The van der Waals surface area contributed by atoms with Crippen molar-refractivity contribution in [2.24, 2.45) is 0 Å². The van der Waals surface area contributed by atoms with Crippen LogP contribution in [0.3, 0.4) is 0 Å². The van der Waals surface area contributed by atoms with E-state index in [2.05, 4.69) is 24.0 Å². The fraction of sp³-hybridized carbons (Fsp3) is 1.00. The van der Waals surface area contributed by atoms with Crippen LogP contribution >= 0.6 is 12.8 Å². The highest BCUT2D eigenvalue weighted by atomic mass is 32.1. The Balaban J connectivity index is 2.30. The van der Waals surface area contributed by atoms with Gasteiger partial charge in [-0.1, -0.05) is 45.4 Å². The van der Waals surface area contributed by atoms with Crippen LogP contribution in [0, 0.1) is 0 Å². The van der Waals surface area contributed by atoms with Crippen LogP contribution in [0.1, 0.15) is 45.4 Å². The number of hydrogen-bond acceptors (Lipinski definition) is 2. The Hall–Kier alpha value is 0.310. The zero-order valence-corrected chi connectivity index (χ0v) is 8.32. The standard InChI is InChI=1S/C9H19NS/c1-2-10(11)9-7-5-3-4-6-8-9/h9,11H,2-8H2,1H3. The lowest BCUT2D eigenvalue weighted by Gasteiger charge is -2.23. The van der Waals surface area contributed by atoms with Crippen molar-refractivity contribution < 1.29 is 0 Å². The highest BCUT2D eigenvalue weighted by molar-refractivity contribution is 7.77. The molecule has 1 nitrogen and oxygen atoms in total. The fourth-order valence-corrected chi connectivity index (χ4v) is 2.04. The smallest absolute Gasteiger partial charge is 0.0200 e. The molecule has 0 aliphatic heterocycles. The summed E-state index contributed by atoms with van der Waals surface area (Å²) in [5.74, 6) is 0.